The number of nitrogens with one attached hydrogen (secondary N) is 1. The molecule has 4 heteroatoms. The van der Waals surface area contributed by atoms with E-state index in [-0.39, 0.29) is 6.04 Å². The summed E-state index contributed by atoms with van der Waals surface area (Å²) in [5, 5.41) is 3.50. The van der Waals surface area contributed by atoms with Crippen LogP contribution in [-0.2, 0) is 0 Å². The molecule has 0 aromatic carbocycles. The van der Waals surface area contributed by atoms with Gasteiger partial charge in [0, 0.05) is 25.9 Å². The van der Waals surface area contributed by atoms with Crippen molar-refractivity contribution in [2.75, 3.05) is 24.3 Å². The van der Waals surface area contributed by atoms with Crippen molar-refractivity contribution < 1.29 is 4.42 Å². The average Bonchev–Trinajstić information content (AvgIpc) is 2.69. The monoisotopic (exact) mass is 259 g/mol. The van der Waals surface area contributed by atoms with E-state index in [1.807, 2.05) is 45.0 Å². The number of hydrogen-bond acceptors (Lipinski definition) is 4. The lowest BCUT2D eigenvalue weighted by molar-refractivity contribution is 0.500. The Morgan fingerprint density at radius 2 is 2.05 bits per heavy atom. The Labute approximate surface area is 114 Å². The number of nitrogens with zero attached hydrogens (tertiary/aromatic N) is 2. The minimum absolute atomic E-state index is 0.181. The smallest absolute Gasteiger partial charge is 0.151 e. The molecule has 1 unspecified atom stereocenters. The maximum atomic E-state index is 5.58. The van der Waals surface area contributed by atoms with E-state index in [0.717, 1.165) is 23.0 Å². The van der Waals surface area contributed by atoms with Gasteiger partial charge in [-0.1, -0.05) is 0 Å². The number of anilines is 2. The van der Waals surface area contributed by atoms with Gasteiger partial charge in [-0.05, 0) is 39.0 Å². The molecule has 0 amide bonds. The molecule has 2 aromatic rings. The minimum Gasteiger partial charge on any atom is -0.466 e. The highest BCUT2D eigenvalue weighted by Crippen LogP contribution is 2.28. The van der Waals surface area contributed by atoms with Crippen molar-refractivity contribution in [3.8, 4) is 0 Å². The summed E-state index contributed by atoms with van der Waals surface area (Å²) in [6.07, 6.45) is 1.80. The first-order chi connectivity index (χ1) is 8.99. The quantitative estimate of drug-likeness (QED) is 0.912. The van der Waals surface area contributed by atoms with Gasteiger partial charge >= 0.3 is 0 Å². The summed E-state index contributed by atoms with van der Waals surface area (Å²) in [5.74, 6) is 2.85. The molecule has 0 fully saturated rings. The zero-order chi connectivity index (χ0) is 14.0. The van der Waals surface area contributed by atoms with E-state index in [2.05, 4.69) is 23.3 Å². The maximum Gasteiger partial charge on any atom is 0.151 e. The highest BCUT2D eigenvalue weighted by molar-refractivity contribution is 5.65. The van der Waals surface area contributed by atoms with E-state index >= 15 is 0 Å². The van der Waals surface area contributed by atoms with Gasteiger partial charge in [0.25, 0.3) is 0 Å². The molecule has 0 saturated carbocycles. The molecule has 0 bridgehead atoms. The van der Waals surface area contributed by atoms with Crippen LogP contribution in [0.5, 0.6) is 0 Å². The summed E-state index contributed by atoms with van der Waals surface area (Å²) < 4.78 is 5.58. The molecular formula is C15H21N3O. The van der Waals surface area contributed by atoms with Gasteiger partial charge in [0.2, 0.25) is 0 Å². The van der Waals surface area contributed by atoms with Crippen LogP contribution in [0.4, 0.5) is 11.5 Å². The molecule has 0 spiro atoms. The van der Waals surface area contributed by atoms with E-state index in [4.69, 9.17) is 4.42 Å². The standard InChI is InChI=1S/C15H21N3O/c1-10-9-13(12(3)19-10)11(2)17-14-7-6-8-16-15(14)18(4)5/h6-9,11,17H,1-5H3. The highest BCUT2D eigenvalue weighted by Gasteiger charge is 2.14. The second-order valence-corrected chi connectivity index (χ2v) is 5.00. The predicted molar refractivity (Wildman–Crippen MR) is 78.8 cm³/mol. The number of hydrogen-bond donors (Lipinski definition) is 1. The molecule has 2 rings (SSSR count). The fraction of sp³-hybridized carbons (Fsp3) is 0.400. The van der Waals surface area contributed by atoms with Crippen LogP contribution in [0.2, 0.25) is 0 Å². The van der Waals surface area contributed by atoms with E-state index in [0.29, 0.717) is 0 Å². The van der Waals surface area contributed by atoms with Crippen LogP contribution < -0.4 is 10.2 Å². The predicted octanol–water partition coefficient (Wildman–Crippen LogP) is 3.53. The number of aromatic nitrogens is 1. The van der Waals surface area contributed by atoms with Crippen LogP contribution in [0.15, 0.2) is 28.8 Å². The Morgan fingerprint density at radius 1 is 1.32 bits per heavy atom. The molecule has 1 atom stereocenters. The Morgan fingerprint density at radius 3 is 2.63 bits per heavy atom. The van der Waals surface area contributed by atoms with Crippen molar-refractivity contribution in [1.82, 2.24) is 4.98 Å². The maximum absolute atomic E-state index is 5.58. The van der Waals surface area contributed by atoms with Gasteiger partial charge in [0.1, 0.15) is 11.5 Å². The molecule has 0 aliphatic rings. The zero-order valence-electron chi connectivity index (χ0n) is 12.2. The second-order valence-electron chi connectivity index (χ2n) is 5.00. The molecule has 2 aromatic heterocycles. The topological polar surface area (TPSA) is 41.3 Å². The summed E-state index contributed by atoms with van der Waals surface area (Å²) in [6, 6.07) is 6.25. The van der Waals surface area contributed by atoms with Gasteiger partial charge in [-0.2, -0.15) is 0 Å². The lowest BCUT2D eigenvalue weighted by Crippen LogP contribution is -2.15. The first-order valence-corrected chi connectivity index (χ1v) is 6.45. The van der Waals surface area contributed by atoms with Crippen molar-refractivity contribution in [2.24, 2.45) is 0 Å². The van der Waals surface area contributed by atoms with Gasteiger partial charge in [0.05, 0.1) is 11.7 Å². The van der Waals surface area contributed by atoms with Crippen LogP contribution in [0, 0.1) is 13.8 Å². The van der Waals surface area contributed by atoms with Crippen molar-refractivity contribution in [1.29, 1.82) is 0 Å². The first-order valence-electron chi connectivity index (χ1n) is 6.45. The Bertz CT molecular complexity index is 560. The minimum atomic E-state index is 0.181. The molecular weight excluding hydrogens is 238 g/mol. The number of pyridine rings is 1. The Hall–Kier alpha value is -1.97. The molecule has 1 N–H and O–H groups in total. The van der Waals surface area contributed by atoms with Crippen LogP contribution in [0.1, 0.15) is 30.0 Å². The van der Waals surface area contributed by atoms with Crippen molar-refractivity contribution >= 4 is 11.5 Å². The van der Waals surface area contributed by atoms with Crippen LogP contribution in [0.25, 0.3) is 0 Å². The lowest BCUT2D eigenvalue weighted by Gasteiger charge is -2.20. The summed E-state index contributed by atoms with van der Waals surface area (Å²) in [6.45, 7) is 6.10. The molecule has 0 saturated heterocycles. The molecule has 0 radical (unpaired) electrons. The summed E-state index contributed by atoms with van der Waals surface area (Å²) >= 11 is 0. The second kappa shape index (κ2) is 5.34. The van der Waals surface area contributed by atoms with Gasteiger partial charge in [-0.3, -0.25) is 0 Å². The van der Waals surface area contributed by atoms with Gasteiger partial charge in [0.15, 0.2) is 5.82 Å². The van der Waals surface area contributed by atoms with Gasteiger partial charge < -0.3 is 14.6 Å². The largest absolute Gasteiger partial charge is 0.466 e. The lowest BCUT2D eigenvalue weighted by atomic mass is 10.1. The third-order valence-electron chi connectivity index (χ3n) is 3.13. The number of rotatable bonds is 4. The SMILES string of the molecule is Cc1cc(C(C)Nc2cccnc2N(C)C)c(C)o1. The van der Waals surface area contributed by atoms with E-state index < -0.39 is 0 Å². The molecule has 0 aliphatic heterocycles. The Balaban J connectivity index is 2.24. The van der Waals surface area contributed by atoms with Gasteiger partial charge in [-0.25, -0.2) is 4.98 Å². The fourth-order valence-electron chi connectivity index (χ4n) is 2.26. The van der Waals surface area contributed by atoms with E-state index in [1.54, 1.807) is 6.20 Å². The highest BCUT2D eigenvalue weighted by atomic mass is 16.3. The van der Waals surface area contributed by atoms with Crippen molar-refractivity contribution in [2.45, 2.75) is 26.8 Å². The number of furan rings is 1. The Kier molecular flexibility index (Phi) is 3.79. The molecule has 2 heterocycles. The molecule has 0 aliphatic carbocycles. The normalized spacial score (nSPS) is 12.3. The van der Waals surface area contributed by atoms with Gasteiger partial charge in [-0.15, -0.1) is 0 Å². The third kappa shape index (κ3) is 2.89. The summed E-state index contributed by atoms with van der Waals surface area (Å²) in [7, 11) is 3.98. The molecule has 102 valence electrons. The average molecular weight is 259 g/mol. The van der Waals surface area contributed by atoms with E-state index in [9.17, 15) is 0 Å². The van der Waals surface area contributed by atoms with Crippen LogP contribution in [0.3, 0.4) is 0 Å². The zero-order valence-corrected chi connectivity index (χ0v) is 12.2. The molecule has 4 nitrogen and oxygen atoms in total. The summed E-state index contributed by atoms with van der Waals surface area (Å²) in [5.41, 5.74) is 2.21. The third-order valence-corrected chi connectivity index (χ3v) is 3.13. The number of aryl methyl sites for hydroxylation is 2. The van der Waals surface area contributed by atoms with Crippen molar-refractivity contribution in [3.05, 3.63) is 41.5 Å². The van der Waals surface area contributed by atoms with Crippen LogP contribution >= 0.6 is 0 Å². The fourth-order valence-corrected chi connectivity index (χ4v) is 2.26. The molecule has 19 heavy (non-hydrogen) atoms. The summed E-state index contributed by atoms with van der Waals surface area (Å²) in [4.78, 5) is 6.40. The van der Waals surface area contributed by atoms with Crippen molar-refractivity contribution in [3.63, 3.8) is 0 Å². The van der Waals surface area contributed by atoms with E-state index in [1.165, 1.54) is 5.56 Å². The first kappa shape index (κ1) is 13.5. The van der Waals surface area contributed by atoms with Crippen LogP contribution in [-0.4, -0.2) is 19.1 Å².